The summed E-state index contributed by atoms with van der Waals surface area (Å²) in [6.45, 7) is 9.40. The molecule has 6 heteroatoms. The second-order valence-corrected chi connectivity index (χ2v) is 5.32. The third kappa shape index (κ3) is 5.32. The number of aromatic nitrogens is 2. The maximum atomic E-state index is 12.4. The number of carbonyl (C=O) groups excluding carboxylic acids is 1. The van der Waals surface area contributed by atoms with Crippen LogP contribution >= 0.6 is 12.4 Å². The number of amides is 1. The predicted octanol–water partition coefficient (Wildman–Crippen LogP) is 2.58. The molecule has 0 aliphatic rings. The maximum Gasteiger partial charge on any atom is 0.255 e. The quantitative estimate of drug-likeness (QED) is 0.774. The molecule has 0 saturated carbocycles. The number of carbonyl (C=O) groups is 1. The molecule has 122 valence electrons. The average molecular weight is 317 g/mol. The van der Waals surface area contributed by atoms with Crippen molar-refractivity contribution in [2.24, 2.45) is 5.73 Å². The molecule has 1 aromatic rings. The lowest BCUT2D eigenvalue weighted by Gasteiger charge is -2.16. The van der Waals surface area contributed by atoms with Gasteiger partial charge in [0.25, 0.3) is 5.91 Å². The highest BCUT2D eigenvalue weighted by molar-refractivity contribution is 5.96. The van der Waals surface area contributed by atoms with E-state index < -0.39 is 0 Å². The lowest BCUT2D eigenvalue weighted by atomic mass is 10.1. The van der Waals surface area contributed by atoms with Crippen molar-refractivity contribution >= 4 is 18.3 Å². The van der Waals surface area contributed by atoms with Crippen LogP contribution in [0.2, 0.25) is 0 Å². The van der Waals surface area contributed by atoms with Crippen molar-refractivity contribution in [1.82, 2.24) is 15.1 Å². The van der Waals surface area contributed by atoms with Crippen LogP contribution in [0.5, 0.6) is 0 Å². The SMILES string of the molecule is CCCCC(CN)NC(=O)c1c(C)nn(CCC)c1C.Cl. The summed E-state index contributed by atoms with van der Waals surface area (Å²) in [6, 6.07) is 0.0516. The van der Waals surface area contributed by atoms with Crippen LogP contribution in [0, 0.1) is 13.8 Å². The van der Waals surface area contributed by atoms with Gasteiger partial charge in [0.15, 0.2) is 0 Å². The van der Waals surface area contributed by atoms with E-state index in [0.29, 0.717) is 12.1 Å². The average Bonchev–Trinajstić information content (AvgIpc) is 2.69. The molecule has 0 radical (unpaired) electrons. The van der Waals surface area contributed by atoms with Crippen molar-refractivity contribution in [3.63, 3.8) is 0 Å². The van der Waals surface area contributed by atoms with Gasteiger partial charge in [-0.1, -0.05) is 26.7 Å². The molecule has 1 unspecified atom stereocenters. The topological polar surface area (TPSA) is 72.9 Å². The van der Waals surface area contributed by atoms with Gasteiger partial charge in [0, 0.05) is 24.8 Å². The minimum Gasteiger partial charge on any atom is -0.348 e. The van der Waals surface area contributed by atoms with Crippen LogP contribution in [-0.4, -0.2) is 28.3 Å². The summed E-state index contributed by atoms with van der Waals surface area (Å²) in [6.07, 6.45) is 4.12. The van der Waals surface area contributed by atoms with Crippen molar-refractivity contribution in [2.45, 2.75) is 66.0 Å². The molecular formula is C15H29ClN4O. The molecule has 0 aromatic carbocycles. The highest BCUT2D eigenvalue weighted by Gasteiger charge is 2.20. The number of rotatable bonds is 8. The summed E-state index contributed by atoms with van der Waals surface area (Å²) in [4.78, 5) is 12.4. The summed E-state index contributed by atoms with van der Waals surface area (Å²) < 4.78 is 1.91. The van der Waals surface area contributed by atoms with Gasteiger partial charge < -0.3 is 11.1 Å². The zero-order chi connectivity index (χ0) is 15.1. The van der Waals surface area contributed by atoms with Gasteiger partial charge in [-0.25, -0.2) is 0 Å². The molecular weight excluding hydrogens is 288 g/mol. The van der Waals surface area contributed by atoms with Crippen LogP contribution < -0.4 is 11.1 Å². The first-order chi connectivity index (χ1) is 9.54. The lowest BCUT2D eigenvalue weighted by Crippen LogP contribution is -2.40. The Bertz CT molecular complexity index is 445. The summed E-state index contributed by atoms with van der Waals surface area (Å²) in [5, 5.41) is 7.48. The van der Waals surface area contributed by atoms with Gasteiger partial charge in [-0.15, -0.1) is 12.4 Å². The zero-order valence-corrected chi connectivity index (χ0v) is 14.4. The van der Waals surface area contributed by atoms with Crippen LogP contribution in [-0.2, 0) is 6.54 Å². The van der Waals surface area contributed by atoms with E-state index >= 15 is 0 Å². The summed E-state index contributed by atoms with van der Waals surface area (Å²) in [5.41, 5.74) is 8.17. The van der Waals surface area contributed by atoms with Gasteiger partial charge in [-0.05, 0) is 26.7 Å². The Hall–Kier alpha value is -1.07. The smallest absolute Gasteiger partial charge is 0.255 e. The first-order valence-corrected chi connectivity index (χ1v) is 7.60. The molecule has 3 N–H and O–H groups in total. The van der Waals surface area contributed by atoms with Crippen molar-refractivity contribution in [3.05, 3.63) is 17.0 Å². The highest BCUT2D eigenvalue weighted by Crippen LogP contribution is 2.14. The number of nitrogens with zero attached hydrogens (tertiary/aromatic N) is 2. The van der Waals surface area contributed by atoms with Gasteiger partial charge in [0.1, 0.15) is 0 Å². The van der Waals surface area contributed by atoms with Gasteiger partial charge in [-0.2, -0.15) is 5.10 Å². The van der Waals surface area contributed by atoms with Gasteiger partial charge in [-0.3, -0.25) is 9.48 Å². The Balaban J connectivity index is 0.00000400. The maximum absolute atomic E-state index is 12.4. The van der Waals surface area contributed by atoms with Gasteiger partial charge in [0.05, 0.1) is 11.3 Å². The molecule has 21 heavy (non-hydrogen) atoms. The molecule has 5 nitrogen and oxygen atoms in total. The number of hydrogen-bond donors (Lipinski definition) is 2. The number of nitrogens with two attached hydrogens (primary N) is 1. The number of aryl methyl sites for hydroxylation is 2. The van der Waals surface area contributed by atoms with E-state index in [-0.39, 0.29) is 24.4 Å². The molecule has 1 heterocycles. The van der Waals surface area contributed by atoms with Crippen LogP contribution in [0.1, 0.15) is 61.3 Å². The Morgan fingerprint density at radius 1 is 1.33 bits per heavy atom. The highest BCUT2D eigenvalue weighted by atomic mass is 35.5. The van der Waals surface area contributed by atoms with Gasteiger partial charge in [0.2, 0.25) is 0 Å². The van der Waals surface area contributed by atoms with E-state index in [1.54, 1.807) is 0 Å². The first-order valence-electron chi connectivity index (χ1n) is 7.60. The third-order valence-electron chi connectivity index (χ3n) is 3.57. The van der Waals surface area contributed by atoms with Crippen molar-refractivity contribution < 1.29 is 4.79 Å². The molecule has 0 spiro atoms. The lowest BCUT2D eigenvalue weighted by molar-refractivity contribution is 0.0934. The zero-order valence-electron chi connectivity index (χ0n) is 13.6. The minimum absolute atomic E-state index is 0. The molecule has 1 amide bonds. The Labute approximate surface area is 134 Å². The van der Waals surface area contributed by atoms with E-state index in [1.165, 1.54) is 0 Å². The number of unbranched alkanes of at least 4 members (excludes halogenated alkanes) is 1. The Morgan fingerprint density at radius 2 is 2.00 bits per heavy atom. The Kier molecular flexibility index (Phi) is 9.29. The molecule has 1 aromatic heterocycles. The minimum atomic E-state index is -0.0473. The largest absolute Gasteiger partial charge is 0.348 e. The second kappa shape index (κ2) is 9.79. The van der Waals surface area contributed by atoms with Gasteiger partial charge >= 0.3 is 0 Å². The molecule has 0 bridgehead atoms. The third-order valence-corrected chi connectivity index (χ3v) is 3.57. The van der Waals surface area contributed by atoms with E-state index in [1.807, 2.05) is 18.5 Å². The number of nitrogens with one attached hydrogen (secondary N) is 1. The summed E-state index contributed by atoms with van der Waals surface area (Å²) in [7, 11) is 0. The molecule has 0 saturated heterocycles. The fraction of sp³-hybridized carbons (Fsp3) is 0.733. The number of hydrogen-bond acceptors (Lipinski definition) is 3. The second-order valence-electron chi connectivity index (χ2n) is 5.32. The fourth-order valence-corrected chi connectivity index (χ4v) is 2.41. The molecule has 0 fully saturated rings. The van der Waals surface area contributed by atoms with Crippen molar-refractivity contribution in [2.75, 3.05) is 6.54 Å². The fourth-order valence-electron chi connectivity index (χ4n) is 2.41. The Morgan fingerprint density at radius 3 is 2.52 bits per heavy atom. The first kappa shape index (κ1) is 19.9. The van der Waals surface area contributed by atoms with E-state index in [4.69, 9.17) is 5.73 Å². The summed E-state index contributed by atoms with van der Waals surface area (Å²) >= 11 is 0. The van der Waals surface area contributed by atoms with Crippen molar-refractivity contribution in [1.29, 1.82) is 0 Å². The molecule has 1 atom stereocenters. The number of halogens is 1. The van der Waals surface area contributed by atoms with E-state index in [0.717, 1.165) is 43.6 Å². The van der Waals surface area contributed by atoms with Crippen LogP contribution in [0.25, 0.3) is 0 Å². The molecule has 0 aliphatic heterocycles. The monoisotopic (exact) mass is 316 g/mol. The summed E-state index contributed by atoms with van der Waals surface area (Å²) in [5.74, 6) is -0.0473. The van der Waals surface area contributed by atoms with Crippen molar-refractivity contribution in [3.8, 4) is 0 Å². The van der Waals surface area contributed by atoms with E-state index in [9.17, 15) is 4.79 Å². The molecule has 0 aliphatic carbocycles. The van der Waals surface area contributed by atoms with Crippen LogP contribution in [0.15, 0.2) is 0 Å². The predicted molar refractivity (Wildman–Crippen MR) is 89.1 cm³/mol. The van der Waals surface area contributed by atoms with E-state index in [2.05, 4.69) is 24.3 Å². The molecule has 1 rings (SSSR count). The normalized spacial score (nSPS) is 11.9. The van der Waals surface area contributed by atoms with Crippen LogP contribution in [0.4, 0.5) is 0 Å². The standard InChI is InChI=1S/C15H28N4O.ClH/c1-5-7-8-13(10-16)17-15(20)14-11(3)18-19(9-6-2)12(14)4;/h13H,5-10,16H2,1-4H3,(H,17,20);1H. The van der Waals surface area contributed by atoms with Crippen LogP contribution in [0.3, 0.4) is 0 Å².